The van der Waals surface area contributed by atoms with E-state index in [2.05, 4.69) is 0 Å². The van der Waals surface area contributed by atoms with Crippen molar-refractivity contribution in [3.63, 3.8) is 0 Å². The first-order valence-corrected chi connectivity index (χ1v) is 4.16. The zero-order chi connectivity index (χ0) is 5.70. The Morgan fingerprint density at radius 1 is 1.71 bits per heavy atom. The third-order valence-corrected chi connectivity index (χ3v) is 2.10. The molecule has 0 saturated carbocycles. The van der Waals surface area contributed by atoms with Crippen molar-refractivity contribution in [2.24, 2.45) is 0 Å². The Kier molecular flexibility index (Phi) is 4.12. The van der Waals surface area contributed by atoms with Gasteiger partial charge in [0.1, 0.15) is 0 Å². The van der Waals surface area contributed by atoms with Crippen LogP contribution in [0.2, 0.25) is 0 Å². The highest BCUT2D eigenvalue weighted by molar-refractivity contribution is 7.48. The molecule has 0 aromatic heterocycles. The molecule has 0 fully saturated rings. The fourth-order valence-electron chi connectivity index (χ4n) is 0.304. The van der Waals surface area contributed by atoms with Gasteiger partial charge in [-0.3, -0.25) is 0 Å². The molecule has 42 valence electrons. The molecule has 0 aromatic carbocycles. The number of rotatable bonds is 2. The molecular formula is C5H11OP. The molecule has 0 heterocycles. The van der Waals surface area contributed by atoms with E-state index in [1.165, 1.54) is 0 Å². The largest absolute Gasteiger partial charge is 0.323 e. The van der Waals surface area contributed by atoms with Gasteiger partial charge in [0.2, 0.25) is 0 Å². The second-order valence-electron chi connectivity index (χ2n) is 1.32. The van der Waals surface area contributed by atoms with Crippen LogP contribution in [0.3, 0.4) is 0 Å². The Morgan fingerprint density at radius 3 is 2.43 bits per heavy atom. The lowest BCUT2D eigenvalue weighted by Crippen LogP contribution is -1.56. The van der Waals surface area contributed by atoms with E-state index in [1.807, 2.05) is 19.9 Å². The van der Waals surface area contributed by atoms with Crippen LogP contribution < -0.4 is 0 Å². The van der Waals surface area contributed by atoms with Crippen molar-refractivity contribution in [3.8, 4) is 0 Å². The Labute approximate surface area is 45.2 Å². The van der Waals surface area contributed by atoms with E-state index in [-0.39, 0.29) is 0 Å². The van der Waals surface area contributed by atoms with Crippen LogP contribution in [0, 0.1) is 0 Å². The van der Waals surface area contributed by atoms with Crippen LogP contribution in [-0.2, 0) is 4.57 Å². The minimum Gasteiger partial charge on any atom is -0.323 e. The number of hydrogen-bond donors (Lipinski definition) is 0. The Hall–Kier alpha value is -0.0300. The fraction of sp³-hybridized carbons (Fsp3) is 0.600. The molecule has 0 aliphatic heterocycles. The lowest BCUT2D eigenvalue weighted by molar-refractivity contribution is 0.593. The summed E-state index contributed by atoms with van der Waals surface area (Å²) in [6, 6.07) is 0. The molecule has 0 amide bonds. The average molecular weight is 118 g/mol. The third kappa shape index (κ3) is 3.81. The molecule has 0 aliphatic rings. The second-order valence-corrected chi connectivity index (χ2v) is 3.29. The summed E-state index contributed by atoms with van der Waals surface area (Å²) in [5.41, 5.74) is 0. The van der Waals surface area contributed by atoms with Gasteiger partial charge >= 0.3 is 0 Å². The third-order valence-electron chi connectivity index (χ3n) is 0.701. The molecule has 1 unspecified atom stereocenters. The van der Waals surface area contributed by atoms with Gasteiger partial charge in [-0.05, 0) is 18.9 Å². The van der Waals surface area contributed by atoms with Gasteiger partial charge in [0, 0.05) is 0 Å². The van der Waals surface area contributed by atoms with Crippen molar-refractivity contribution in [2.45, 2.75) is 13.8 Å². The minimum atomic E-state index is -1.31. The molecule has 0 radical (unpaired) electrons. The smallest absolute Gasteiger partial charge is 0.0962 e. The van der Waals surface area contributed by atoms with Gasteiger partial charge in [0.05, 0.1) is 7.80 Å². The van der Waals surface area contributed by atoms with Crippen LogP contribution in [0.5, 0.6) is 0 Å². The van der Waals surface area contributed by atoms with Crippen molar-refractivity contribution in [3.05, 3.63) is 11.9 Å². The lowest BCUT2D eigenvalue weighted by atomic mass is 10.8. The van der Waals surface area contributed by atoms with Gasteiger partial charge in [-0.15, -0.1) is 0 Å². The predicted molar refractivity (Wildman–Crippen MR) is 34.4 cm³/mol. The quantitative estimate of drug-likeness (QED) is 0.507. The van der Waals surface area contributed by atoms with Crippen molar-refractivity contribution in [1.82, 2.24) is 0 Å². The van der Waals surface area contributed by atoms with E-state index >= 15 is 0 Å². The molecule has 0 saturated heterocycles. The van der Waals surface area contributed by atoms with Gasteiger partial charge in [-0.2, -0.15) is 0 Å². The molecule has 0 spiro atoms. The Balaban J connectivity index is 3.37. The molecule has 1 atom stereocenters. The average Bonchev–Trinajstić information content (AvgIpc) is 1.68. The summed E-state index contributed by atoms with van der Waals surface area (Å²) in [5.74, 6) is 1.77. The number of hydrogen-bond acceptors (Lipinski definition) is 1. The van der Waals surface area contributed by atoms with Gasteiger partial charge in [0.25, 0.3) is 0 Å². The van der Waals surface area contributed by atoms with Crippen LogP contribution in [-0.4, -0.2) is 6.16 Å². The highest BCUT2D eigenvalue weighted by Crippen LogP contribution is 2.19. The highest BCUT2D eigenvalue weighted by atomic mass is 31.1. The van der Waals surface area contributed by atoms with E-state index in [0.717, 1.165) is 6.16 Å². The lowest BCUT2D eigenvalue weighted by Gasteiger charge is -1.80. The predicted octanol–water partition coefficient (Wildman–Crippen LogP) is 2.10. The van der Waals surface area contributed by atoms with E-state index in [1.54, 1.807) is 5.82 Å². The van der Waals surface area contributed by atoms with Crippen LogP contribution in [0.4, 0.5) is 0 Å². The first kappa shape index (κ1) is 6.97. The van der Waals surface area contributed by atoms with Crippen LogP contribution in [0.15, 0.2) is 11.9 Å². The first-order chi connectivity index (χ1) is 3.31. The normalized spacial score (nSPS) is 15.1. The van der Waals surface area contributed by atoms with Gasteiger partial charge < -0.3 is 4.57 Å². The van der Waals surface area contributed by atoms with Crippen molar-refractivity contribution in [2.75, 3.05) is 6.16 Å². The van der Waals surface area contributed by atoms with Gasteiger partial charge in [-0.1, -0.05) is 13.0 Å². The fourth-order valence-corrected chi connectivity index (χ4v) is 0.911. The van der Waals surface area contributed by atoms with Crippen molar-refractivity contribution >= 4 is 7.80 Å². The second kappa shape index (κ2) is 4.14. The summed E-state index contributed by atoms with van der Waals surface area (Å²) in [7, 11) is -1.31. The standard InChI is InChI=1S/C5H11OP/c1-3-5-7(6)4-2/h3,5,7H,4H2,1-2H3. The van der Waals surface area contributed by atoms with Gasteiger partial charge in [-0.25, -0.2) is 0 Å². The van der Waals surface area contributed by atoms with E-state index in [9.17, 15) is 4.57 Å². The van der Waals surface area contributed by atoms with Crippen LogP contribution in [0.1, 0.15) is 13.8 Å². The molecule has 0 N–H and O–H groups in total. The Morgan fingerprint density at radius 2 is 2.29 bits per heavy atom. The zero-order valence-corrected chi connectivity index (χ0v) is 5.77. The van der Waals surface area contributed by atoms with E-state index < -0.39 is 7.80 Å². The van der Waals surface area contributed by atoms with Crippen molar-refractivity contribution < 1.29 is 4.57 Å². The minimum absolute atomic E-state index is 0.801. The molecular weight excluding hydrogens is 107 g/mol. The molecule has 1 nitrogen and oxygen atoms in total. The summed E-state index contributed by atoms with van der Waals surface area (Å²) in [6.45, 7) is 3.82. The Bertz CT molecular complexity index is 86.1. The first-order valence-electron chi connectivity index (χ1n) is 2.46. The monoisotopic (exact) mass is 118 g/mol. The molecule has 0 aliphatic carbocycles. The molecule has 0 aromatic rings. The summed E-state index contributed by atoms with van der Waals surface area (Å²) in [5, 5.41) is 0. The number of allylic oxidation sites excluding steroid dienone is 1. The molecule has 2 heteroatoms. The molecule has 0 rings (SSSR count). The SMILES string of the molecule is CC=C[PH](=O)CC. The highest BCUT2D eigenvalue weighted by Gasteiger charge is 1.81. The molecule has 7 heavy (non-hydrogen) atoms. The maximum Gasteiger partial charge on any atom is 0.0962 e. The summed E-state index contributed by atoms with van der Waals surface area (Å²) < 4.78 is 10.5. The topological polar surface area (TPSA) is 17.1 Å². The maximum atomic E-state index is 10.5. The summed E-state index contributed by atoms with van der Waals surface area (Å²) in [6.07, 6.45) is 2.64. The van der Waals surface area contributed by atoms with Crippen LogP contribution in [0.25, 0.3) is 0 Å². The van der Waals surface area contributed by atoms with E-state index in [4.69, 9.17) is 0 Å². The van der Waals surface area contributed by atoms with E-state index in [0.29, 0.717) is 0 Å². The maximum absolute atomic E-state index is 10.5. The summed E-state index contributed by atoms with van der Waals surface area (Å²) >= 11 is 0. The van der Waals surface area contributed by atoms with Gasteiger partial charge in [0.15, 0.2) is 0 Å². The zero-order valence-electron chi connectivity index (χ0n) is 4.77. The summed E-state index contributed by atoms with van der Waals surface area (Å²) in [4.78, 5) is 0. The molecule has 0 bridgehead atoms. The van der Waals surface area contributed by atoms with Crippen LogP contribution >= 0.6 is 7.80 Å². The van der Waals surface area contributed by atoms with Crippen molar-refractivity contribution in [1.29, 1.82) is 0 Å².